The van der Waals surface area contributed by atoms with Crippen molar-refractivity contribution in [3.8, 4) is 5.75 Å². The number of phenols is 1. The molecule has 1 N–H and O–H groups in total. The molecule has 0 saturated heterocycles. The minimum absolute atomic E-state index is 0.0420. The highest BCUT2D eigenvalue weighted by atomic mass is 16.3. The molecule has 3 aromatic carbocycles. The fraction of sp³-hybridized carbons (Fsp3) is 0.136. The molecule has 124 valence electrons. The van der Waals surface area contributed by atoms with Crippen molar-refractivity contribution in [3.63, 3.8) is 0 Å². The number of aromatic hydroxyl groups is 1. The van der Waals surface area contributed by atoms with Crippen LogP contribution in [-0.2, 0) is 17.8 Å². The van der Waals surface area contributed by atoms with Gasteiger partial charge in [-0.25, -0.2) is 0 Å². The van der Waals surface area contributed by atoms with E-state index in [0.717, 1.165) is 29.3 Å². The molecule has 4 rings (SSSR count). The summed E-state index contributed by atoms with van der Waals surface area (Å²) >= 11 is 0. The molecule has 1 aliphatic heterocycles. The molecule has 0 radical (unpaired) electrons. The Morgan fingerprint density at radius 2 is 1.72 bits per heavy atom. The van der Waals surface area contributed by atoms with Crippen LogP contribution in [-0.4, -0.2) is 22.5 Å². The molecular formula is C22H19NO2. The van der Waals surface area contributed by atoms with Crippen LogP contribution in [0.25, 0.3) is 16.8 Å². The lowest BCUT2D eigenvalue weighted by molar-refractivity contribution is -0.126. The fourth-order valence-corrected chi connectivity index (χ4v) is 3.31. The van der Waals surface area contributed by atoms with E-state index in [9.17, 15) is 9.90 Å². The largest absolute Gasteiger partial charge is 0.508 e. The maximum absolute atomic E-state index is 12.5. The first kappa shape index (κ1) is 15.5. The number of nitrogens with zero attached hydrogens (tertiary/aromatic N) is 1. The van der Waals surface area contributed by atoms with E-state index in [1.165, 1.54) is 11.1 Å². The van der Waals surface area contributed by atoms with Crippen molar-refractivity contribution in [3.05, 3.63) is 83.4 Å². The molecule has 25 heavy (non-hydrogen) atoms. The number of hydrogen-bond donors (Lipinski definition) is 1. The quantitative estimate of drug-likeness (QED) is 0.718. The first-order chi connectivity index (χ1) is 12.2. The summed E-state index contributed by atoms with van der Waals surface area (Å²) in [5.74, 6) is 0.302. The van der Waals surface area contributed by atoms with E-state index < -0.39 is 0 Å². The van der Waals surface area contributed by atoms with Crippen LogP contribution >= 0.6 is 0 Å². The second kappa shape index (κ2) is 6.44. The van der Waals surface area contributed by atoms with Crippen LogP contribution in [0.1, 0.15) is 16.7 Å². The summed E-state index contributed by atoms with van der Waals surface area (Å²) in [5.41, 5.74) is 3.55. The van der Waals surface area contributed by atoms with E-state index in [1.54, 1.807) is 18.2 Å². The summed E-state index contributed by atoms with van der Waals surface area (Å²) in [5, 5.41) is 11.5. The Balaban J connectivity index is 1.50. The van der Waals surface area contributed by atoms with Crippen molar-refractivity contribution in [2.45, 2.75) is 13.0 Å². The molecule has 3 aromatic rings. The summed E-state index contributed by atoms with van der Waals surface area (Å²) in [6.45, 7) is 1.44. The van der Waals surface area contributed by atoms with Crippen LogP contribution in [0.3, 0.4) is 0 Å². The molecular weight excluding hydrogens is 310 g/mol. The van der Waals surface area contributed by atoms with Crippen molar-refractivity contribution in [1.29, 1.82) is 0 Å². The molecule has 0 atom stereocenters. The van der Waals surface area contributed by atoms with E-state index in [2.05, 4.69) is 18.2 Å². The third-order valence-electron chi connectivity index (χ3n) is 4.71. The van der Waals surface area contributed by atoms with E-state index in [4.69, 9.17) is 0 Å². The molecule has 1 amide bonds. The number of rotatable bonds is 2. The molecule has 3 nitrogen and oxygen atoms in total. The van der Waals surface area contributed by atoms with Gasteiger partial charge in [-0.15, -0.1) is 0 Å². The van der Waals surface area contributed by atoms with Crippen molar-refractivity contribution < 1.29 is 9.90 Å². The number of hydrogen-bond acceptors (Lipinski definition) is 2. The van der Waals surface area contributed by atoms with Gasteiger partial charge in [0.1, 0.15) is 5.75 Å². The van der Waals surface area contributed by atoms with Crippen LogP contribution in [0.15, 0.2) is 66.7 Å². The topological polar surface area (TPSA) is 40.5 Å². The maximum atomic E-state index is 12.5. The number of phenolic OH excluding ortho intramolecular Hbond substituents is 1. The van der Waals surface area contributed by atoms with E-state index in [1.807, 2.05) is 41.3 Å². The number of benzene rings is 3. The zero-order valence-corrected chi connectivity index (χ0v) is 13.9. The highest BCUT2D eigenvalue weighted by Gasteiger charge is 2.18. The Morgan fingerprint density at radius 3 is 2.60 bits per heavy atom. The monoisotopic (exact) mass is 329 g/mol. The molecule has 0 saturated carbocycles. The zero-order valence-electron chi connectivity index (χ0n) is 13.9. The Hall–Kier alpha value is -3.07. The summed E-state index contributed by atoms with van der Waals surface area (Å²) in [7, 11) is 0. The SMILES string of the molecule is O=C(/C=C/c1ccc2cc(O)ccc2c1)N1CCc2ccccc2C1. The second-order valence-electron chi connectivity index (χ2n) is 6.40. The lowest BCUT2D eigenvalue weighted by atomic mass is 10.00. The Morgan fingerprint density at radius 1 is 0.960 bits per heavy atom. The van der Waals surface area contributed by atoms with Crippen molar-refractivity contribution >= 4 is 22.8 Å². The Kier molecular flexibility index (Phi) is 3.98. The van der Waals surface area contributed by atoms with Crippen molar-refractivity contribution in [2.75, 3.05) is 6.54 Å². The molecule has 3 heteroatoms. The van der Waals surface area contributed by atoms with Gasteiger partial charge in [0.05, 0.1) is 0 Å². The van der Waals surface area contributed by atoms with Crippen LogP contribution in [0.5, 0.6) is 5.75 Å². The van der Waals surface area contributed by atoms with E-state index in [0.29, 0.717) is 6.54 Å². The summed E-state index contributed by atoms with van der Waals surface area (Å²) in [6.07, 6.45) is 4.42. The minimum atomic E-state index is 0.0420. The summed E-state index contributed by atoms with van der Waals surface area (Å²) < 4.78 is 0. The minimum Gasteiger partial charge on any atom is -0.508 e. The average molecular weight is 329 g/mol. The summed E-state index contributed by atoms with van der Waals surface area (Å²) in [6, 6.07) is 19.5. The zero-order chi connectivity index (χ0) is 17.2. The lowest BCUT2D eigenvalue weighted by Gasteiger charge is -2.27. The molecule has 0 aliphatic carbocycles. The highest BCUT2D eigenvalue weighted by Crippen LogP contribution is 2.22. The van der Waals surface area contributed by atoms with E-state index >= 15 is 0 Å². The number of carbonyl (C=O) groups is 1. The highest BCUT2D eigenvalue weighted by molar-refractivity contribution is 5.93. The number of amides is 1. The fourth-order valence-electron chi connectivity index (χ4n) is 3.31. The van der Waals surface area contributed by atoms with E-state index in [-0.39, 0.29) is 11.7 Å². The number of carbonyl (C=O) groups excluding carboxylic acids is 1. The van der Waals surface area contributed by atoms with Crippen molar-refractivity contribution in [2.24, 2.45) is 0 Å². The summed E-state index contributed by atoms with van der Waals surface area (Å²) in [4.78, 5) is 14.4. The standard InChI is InChI=1S/C22H19NO2/c24-21-9-8-18-13-16(5-7-19(18)14-21)6-10-22(25)23-12-11-17-3-1-2-4-20(17)15-23/h1-10,13-14,24H,11-12,15H2/b10-6+. The van der Waals surface area contributed by atoms with Crippen LogP contribution in [0.4, 0.5) is 0 Å². The molecule has 1 heterocycles. The van der Waals surface area contributed by atoms with Crippen LogP contribution in [0, 0.1) is 0 Å². The molecule has 0 aromatic heterocycles. The predicted molar refractivity (Wildman–Crippen MR) is 100 cm³/mol. The third-order valence-corrected chi connectivity index (χ3v) is 4.71. The first-order valence-corrected chi connectivity index (χ1v) is 8.46. The predicted octanol–water partition coefficient (Wildman–Crippen LogP) is 4.14. The smallest absolute Gasteiger partial charge is 0.246 e. The van der Waals surface area contributed by atoms with Gasteiger partial charge in [0.15, 0.2) is 0 Å². The third kappa shape index (κ3) is 3.26. The molecule has 0 bridgehead atoms. The maximum Gasteiger partial charge on any atom is 0.246 e. The van der Waals surface area contributed by atoms with Gasteiger partial charge in [0.2, 0.25) is 5.91 Å². The second-order valence-corrected chi connectivity index (χ2v) is 6.40. The normalized spacial score (nSPS) is 14.0. The van der Waals surface area contributed by atoms with Gasteiger partial charge in [-0.3, -0.25) is 4.79 Å². The average Bonchev–Trinajstić information content (AvgIpc) is 2.65. The van der Waals surface area contributed by atoms with Gasteiger partial charge in [0, 0.05) is 19.2 Å². The van der Waals surface area contributed by atoms with Gasteiger partial charge >= 0.3 is 0 Å². The van der Waals surface area contributed by atoms with Gasteiger partial charge in [-0.05, 0) is 58.2 Å². The van der Waals surface area contributed by atoms with Crippen molar-refractivity contribution in [1.82, 2.24) is 4.90 Å². The number of fused-ring (bicyclic) bond motifs is 2. The van der Waals surface area contributed by atoms with Crippen LogP contribution in [0.2, 0.25) is 0 Å². The Bertz CT molecular complexity index is 975. The molecule has 0 unspecified atom stereocenters. The van der Waals surface area contributed by atoms with Gasteiger partial charge in [0.25, 0.3) is 0 Å². The van der Waals surface area contributed by atoms with Gasteiger partial charge in [-0.2, -0.15) is 0 Å². The van der Waals surface area contributed by atoms with Gasteiger partial charge in [-0.1, -0.05) is 42.5 Å². The first-order valence-electron chi connectivity index (χ1n) is 8.46. The molecule has 0 spiro atoms. The lowest BCUT2D eigenvalue weighted by Crippen LogP contribution is -2.34. The molecule has 0 fully saturated rings. The molecule has 1 aliphatic rings. The van der Waals surface area contributed by atoms with Crippen LogP contribution < -0.4 is 0 Å². The van der Waals surface area contributed by atoms with Gasteiger partial charge < -0.3 is 10.0 Å². The Labute approximate surface area is 146 Å².